The molecule has 1 aromatic carbocycles. The first-order chi connectivity index (χ1) is 12.0. The number of hydrogen-bond donors (Lipinski definition) is 3. The Hall–Kier alpha value is -3.09. The number of amides is 3. The van der Waals surface area contributed by atoms with Crippen molar-refractivity contribution in [1.29, 1.82) is 0 Å². The van der Waals surface area contributed by atoms with E-state index in [4.69, 9.17) is 5.73 Å². The number of nitrogens with two attached hydrogens (primary N) is 1. The molecule has 3 amide bonds. The molecule has 0 aliphatic rings. The number of nitrogens with one attached hydrogen (secondary N) is 2. The topological polar surface area (TPSA) is 100 Å². The van der Waals surface area contributed by atoms with Crippen LogP contribution in [0.5, 0.6) is 0 Å². The number of rotatable bonds is 7. The van der Waals surface area contributed by atoms with Crippen LogP contribution in [0.3, 0.4) is 0 Å². The third-order valence-corrected chi connectivity index (χ3v) is 3.68. The second-order valence-corrected chi connectivity index (χ2v) is 5.83. The largest absolute Gasteiger partial charge is 0.362 e. The van der Waals surface area contributed by atoms with Gasteiger partial charge in [0.1, 0.15) is 5.82 Å². The molecule has 0 saturated carbocycles. The first kappa shape index (κ1) is 18.3. The summed E-state index contributed by atoms with van der Waals surface area (Å²) in [5, 5.41) is 5.48. The molecule has 0 saturated heterocycles. The van der Waals surface area contributed by atoms with Crippen molar-refractivity contribution in [2.45, 2.75) is 19.0 Å². The van der Waals surface area contributed by atoms with Crippen molar-refractivity contribution in [3.8, 4) is 0 Å². The van der Waals surface area contributed by atoms with E-state index < -0.39 is 12.1 Å². The fraction of sp³-hybridized carbons (Fsp3) is 0.278. The average molecular weight is 341 g/mol. The predicted octanol–water partition coefficient (Wildman–Crippen LogP) is 1.56. The summed E-state index contributed by atoms with van der Waals surface area (Å²) in [5.74, 6) is 0.619. The molecule has 0 radical (unpaired) electrons. The number of primary amides is 1. The van der Waals surface area contributed by atoms with Crippen molar-refractivity contribution < 1.29 is 9.59 Å². The van der Waals surface area contributed by atoms with Crippen LogP contribution in [-0.2, 0) is 11.3 Å². The number of hydrogen-bond acceptors (Lipinski definition) is 4. The smallest absolute Gasteiger partial charge is 0.312 e. The molecule has 1 atom stereocenters. The second kappa shape index (κ2) is 8.68. The van der Waals surface area contributed by atoms with Crippen molar-refractivity contribution in [2.24, 2.45) is 5.73 Å². The fourth-order valence-corrected chi connectivity index (χ4v) is 2.53. The van der Waals surface area contributed by atoms with E-state index in [0.717, 1.165) is 16.9 Å². The maximum Gasteiger partial charge on any atom is 0.312 e. The monoisotopic (exact) mass is 341 g/mol. The lowest BCUT2D eigenvalue weighted by atomic mass is 10.0. The molecule has 7 nitrogen and oxygen atoms in total. The summed E-state index contributed by atoms with van der Waals surface area (Å²) in [5.41, 5.74) is 6.97. The lowest BCUT2D eigenvalue weighted by Crippen LogP contribution is -2.36. The molecule has 1 aromatic heterocycles. The van der Waals surface area contributed by atoms with Crippen LogP contribution in [0.15, 0.2) is 48.7 Å². The van der Waals surface area contributed by atoms with Gasteiger partial charge in [0, 0.05) is 32.4 Å². The Bertz CT molecular complexity index is 718. The summed E-state index contributed by atoms with van der Waals surface area (Å²) >= 11 is 0. The van der Waals surface area contributed by atoms with Gasteiger partial charge in [-0.25, -0.2) is 9.78 Å². The van der Waals surface area contributed by atoms with Gasteiger partial charge in [-0.1, -0.05) is 36.4 Å². The van der Waals surface area contributed by atoms with Gasteiger partial charge < -0.3 is 21.3 Å². The van der Waals surface area contributed by atoms with Gasteiger partial charge in [0.2, 0.25) is 5.91 Å². The Labute approximate surface area is 147 Å². The van der Waals surface area contributed by atoms with E-state index in [9.17, 15) is 9.59 Å². The summed E-state index contributed by atoms with van der Waals surface area (Å²) in [6.07, 6.45) is 1.81. The molecule has 2 rings (SSSR count). The third kappa shape index (κ3) is 5.49. The van der Waals surface area contributed by atoms with E-state index in [2.05, 4.69) is 15.6 Å². The van der Waals surface area contributed by atoms with Gasteiger partial charge in [-0.05, 0) is 11.6 Å². The maximum atomic E-state index is 12.3. The summed E-state index contributed by atoms with van der Waals surface area (Å²) < 4.78 is 0. The normalized spacial score (nSPS) is 11.4. The van der Waals surface area contributed by atoms with E-state index >= 15 is 0 Å². The number of anilines is 1. The Morgan fingerprint density at radius 2 is 1.88 bits per heavy atom. The van der Waals surface area contributed by atoms with Crippen molar-refractivity contribution >= 4 is 17.8 Å². The molecule has 132 valence electrons. The number of carbonyl (C=O) groups excluding carboxylic acids is 2. The van der Waals surface area contributed by atoms with Gasteiger partial charge in [0.05, 0.1) is 12.5 Å². The number of aromatic nitrogens is 1. The predicted molar refractivity (Wildman–Crippen MR) is 96.9 cm³/mol. The van der Waals surface area contributed by atoms with E-state index in [0.29, 0.717) is 6.54 Å². The number of nitrogens with zero attached hydrogens (tertiary/aromatic N) is 2. The SMILES string of the molecule is CN(C)c1ncccc1CNC(=O)C[C@@H](NC(N)=O)c1ccccc1. The van der Waals surface area contributed by atoms with E-state index in [-0.39, 0.29) is 12.3 Å². The zero-order chi connectivity index (χ0) is 18.2. The highest BCUT2D eigenvalue weighted by Gasteiger charge is 2.17. The number of pyridine rings is 1. The molecule has 25 heavy (non-hydrogen) atoms. The highest BCUT2D eigenvalue weighted by atomic mass is 16.2. The summed E-state index contributed by atoms with van der Waals surface area (Å²) in [6.45, 7) is 0.359. The van der Waals surface area contributed by atoms with Gasteiger partial charge in [0.25, 0.3) is 0 Å². The van der Waals surface area contributed by atoms with Crippen LogP contribution >= 0.6 is 0 Å². The minimum atomic E-state index is -0.663. The quantitative estimate of drug-likeness (QED) is 0.711. The van der Waals surface area contributed by atoms with Crippen molar-refractivity contribution in [2.75, 3.05) is 19.0 Å². The molecule has 7 heteroatoms. The average Bonchev–Trinajstić information content (AvgIpc) is 2.60. The summed E-state index contributed by atoms with van der Waals surface area (Å²) in [4.78, 5) is 29.8. The van der Waals surface area contributed by atoms with Crippen LogP contribution in [-0.4, -0.2) is 31.0 Å². The van der Waals surface area contributed by atoms with E-state index in [1.807, 2.05) is 61.5 Å². The first-order valence-corrected chi connectivity index (χ1v) is 7.96. The van der Waals surface area contributed by atoms with Crippen LogP contribution in [0.25, 0.3) is 0 Å². The van der Waals surface area contributed by atoms with Gasteiger partial charge in [0.15, 0.2) is 0 Å². The number of urea groups is 1. The molecule has 0 aliphatic heterocycles. The third-order valence-electron chi connectivity index (χ3n) is 3.68. The zero-order valence-electron chi connectivity index (χ0n) is 14.4. The maximum absolute atomic E-state index is 12.3. The summed E-state index contributed by atoms with van der Waals surface area (Å²) in [7, 11) is 3.80. The molecule has 0 bridgehead atoms. The minimum Gasteiger partial charge on any atom is -0.362 e. The van der Waals surface area contributed by atoms with Crippen LogP contribution in [0.4, 0.5) is 10.6 Å². The molecule has 0 unspecified atom stereocenters. The van der Waals surface area contributed by atoms with Gasteiger partial charge in [-0.15, -0.1) is 0 Å². The Morgan fingerprint density at radius 1 is 1.16 bits per heavy atom. The van der Waals surface area contributed by atoms with E-state index in [1.54, 1.807) is 6.20 Å². The van der Waals surface area contributed by atoms with Gasteiger partial charge in [-0.2, -0.15) is 0 Å². The lowest BCUT2D eigenvalue weighted by Gasteiger charge is -2.19. The molecule has 2 aromatic rings. The van der Waals surface area contributed by atoms with Gasteiger partial charge >= 0.3 is 6.03 Å². The highest BCUT2D eigenvalue weighted by molar-refractivity contribution is 5.79. The molecule has 0 fully saturated rings. The molecule has 0 spiro atoms. The van der Waals surface area contributed by atoms with Gasteiger partial charge in [-0.3, -0.25) is 4.79 Å². The zero-order valence-corrected chi connectivity index (χ0v) is 14.4. The number of benzene rings is 1. The Balaban J connectivity index is 2.01. The van der Waals surface area contributed by atoms with Crippen molar-refractivity contribution in [1.82, 2.24) is 15.6 Å². The molecular weight excluding hydrogens is 318 g/mol. The standard InChI is InChI=1S/C18H23N5O2/c1-23(2)17-14(9-6-10-20-17)12-21-16(24)11-15(22-18(19)25)13-7-4-3-5-8-13/h3-10,15H,11-12H2,1-2H3,(H,21,24)(H3,19,22,25)/t15-/m1/s1. The lowest BCUT2D eigenvalue weighted by molar-refractivity contribution is -0.121. The molecule has 4 N–H and O–H groups in total. The van der Waals surface area contributed by atoms with Crippen molar-refractivity contribution in [3.63, 3.8) is 0 Å². The highest BCUT2D eigenvalue weighted by Crippen LogP contribution is 2.17. The van der Waals surface area contributed by atoms with Crippen molar-refractivity contribution in [3.05, 3.63) is 59.8 Å². The van der Waals surface area contributed by atoms with Crippen LogP contribution in [0, 0.1) is 0 Å². The van der Waals surface area contributed by atoms with Crippen LogP contribution in [0.2, 0.25) is 0 Å². The Kier molecular flexibility index (Phi) is 6.33. The fourth-order valence-electron chi connectivity index (χ4n) is 2.53. The molecule has 1 heterocycles. The molecular formula is C18H23N5O2. The van der Waals surface area contributed by atoms with E-state index in [1.165, 1.54) is 0 Å². The van der Waals surface area contributed by atoms with Crippen LogP contribution < -0.4 is 21.3 Å². The molecule has 0 aliphatic carbocycles. The first-order valence-electron chi connectivity index (χ1n) is 7.96. The number of carbonyl (C=O) groups is 2. The minimum absolute atomic E-state index is 0.102. The summed E-state index contributed by atoms with van der Waals surface area (Å²) in [6, 6.07) is 11.9. The second-order valence-electron chi connectivity index (χ2n) is 5.83. The Morgan fingerprint density at radius 3 is 2.52 bits per heavy atom. The van der Waals surface area contributed by atoms with Crippen LogP contribution in [0.1, 0.15) is 23.6 Å².